The van der Waals surface area contributed by atoms with Crippen LogP contribution in [0, 0.1) is 11.6 Å². The summed E-state index contributed by atoms with van der Waals surface area (Å²) in [4.78, 5) is 0. The molecule has 19 heavy (non-hydrogen) atoms. The first-order valence-corrected chi connectivity index (χ1v) is 6.02. The molecule has 0 spiro atoms. The molecule has 2 N–H and O–H groups in total. The van der Waals surface area contributed by atoms with E-state index in [1.54, 1.807) is 12.1 Å². The summed E-state index contributed by atoms with van der Waals surface area (Å²) in [5.74, 6) is -0.851. The van der Waals surface area contributed by atoms with Crippen LogP contribution in [0.4, 0.5) is 8.78 Å². The zero-order chi connectivity index (χ0) is 13.8. The second kappa shape index (κ2) is 5.80. The lowest BCUT2D eigenvalue weighted by molar-refractivity contribution is 0.437. The van der Waals surface area contributed by atoms with Gasteiger partial charge in [0.15, 0.2) is 11.6 Å². The van der Waals surface area contributed by atoms with Crippen molar-refractivity contribution in [1.29, 1.82) is 0 Å². The van der Waals surface area contributed by atoms with Crippen LogP contribution in [0.25, 0.3) is 0 Å². The van der Waals surface area contributed by atoms with Gasteiger partial charge in [-0.2, -0.15) is 0 Å². The molecular formula is C15H15F2NO. The number of halogens is 2. The van der Waals surface area contributed by atoms with E-state index >= 15 is 0 Å². The minimum Gasteiger partial charge on any atom is -0.454 e. The fraction of sp³-hybridized carbons (Fsp3) is 0.200. The molecule has 0 aliphatic rings. The predicted molar refractivity (Wildman–Crippen MR) is 70.2 cm³/mol. The molecule has 0 saturated carbocycles. The summed E-state index contributed by atoms with van der Waals surface area (Å²) in [5.41, 5.74) is 6.73. The summed E-state index contributed by atoms with van der Waals surface area (Å²) in [5, 5.41) is 0. The quantitative estimate of drug-likeness (QED) is 0.913. The molecule has 0 heterocycles. The Morgan fingerprint density at radius 2 is 1.95 bits per heavy atom. The molecule has 0 aliphatic heterocycles. The number of hydrogen-bond acceptors (Lipinski definition) is 2. The van der Waals surface area contributed by atoms with Gasteiger partial charge < -0.3 is 10.5 Å². The van der Waals surface area contributed by atoms with Gasteiger partial charge in [-0.1, -0.05) is 12.1 Å². The van der Waals surface area contributed by atoms with Crippen LogP contribution < -0.4 is 10.5 Å². The van der Waals surface area contributed by atoms with E-state index in [-0.39, 0.29) is 11.8 Å². The lowest BCUT2D eigenvalue weighted by Gasteiger charge is -2.09. The normalized spacial score (nSPS) is 12.2. The molecule has 0 radical (unpaired) electrons. The molecule has 4 heteroatoms. The van der Waals surface area contributed by atoms with E-state index in [0.717, 1.165) is 17.7 Å². The van der Waals surface area contributed by atoms with Crippen molar-refractivity contribution >= 4 is 0 Å². The molecule has 0 saturated heterocycles. The summed E-state index contributed by atoms with van der Waals surface area (Å²) in [7, 11) is 0. The lowest BCUT2D eigenvalue weighted by atomic mass is 10.1. The third-order valence-electron chi connectivity index (χ3n) is 2.58. The molecule has 2 nitrogen and oxygen atoms in total. The molecule has 2 aromatic carbocycles. The Bertz CT molecular complexity index is 570. The SMILES string of the molecule is CC(N)Cc1cccc(Oc2ccc(F)cc2F)c1. The molecule has 0 fully saturated rings. The van der Waals surface area contributed by atoms with Gasteiger partial charge in [0, 0.05) is 12.1 Å². The second-order valence-corrected chi connectivity index (χ2v) is 4.51. The zero-order valence-electron chi connectivity index (χ0n) is 10.6. The highest BCUT2D eigenvalue weighted by molar-refractivity contribution is 5.35. The van der Waals surface area contributed by atoms with Gasteiger partial charge in [0.2, 0.25) is 0 Å². The third-order valence-corrected chi connectivity index (χ3v) is 2.58. The van der Waals surface area contributed by atoms with E-state index in [1.165, 1.54) is 6.07 Å². The van der Waals surface area contributed by atoms with Crippen LogP contribution in [-0.4, -0.2) is 6.04 Å². The topological polar surface area (TPSA) is 35.2 Å². The van der Waals surface area contributed by atoms with Crippen molar-refractivity contribution in [3.63, 3.8) is 0 Å². The number of nitrogens with two attached hydrogens (primary N) is 1. The van der Waals surface area contributed by atoms with E-state index in [0.29, 0.717) is 12.2 Å². The number of benzene rings is 2. The second-order valence-electron chi connectivity index (χ2n) is 4.51. The first-order chi connectivity index (χ1) is 9.04. The third kappa shape index (κ3) is 3.76. The van der Waals surface area contributed by atoms with Gasteiger partial charge in [-0.25, -0.2) is 8.78 Å². The minimum absolute atomic E-state index is 0.000605. The summed E-state index contributed by atoms with van der Waals surface area (Å²) >= 11 is 0. The van der Waals surface area contributed by atoms with Crippen molar-refractivity contribution in [2.24, 2.45) is 5.73 Å². The Hall–Kier alpha value is -1.94. The molecule has 0 aromatic heterocycles. The number of ether oxygens (including phenoxy) is 1. The molecule has 0 amide bonds. The molecule has 100 valence electrons. The average molecular weight is 263 g/mol. The van der Waals surface area contributed by atoms with Crippen LogP contribution in [0.3, 0.4) is 0 Å². The van der Waals surface area contributed by atoms with E-state index in [1.807, 2.05) is 19.1 Å². The highest BCUT2D eigenvalue weighted by atomic mass is 19.1. The van der Waals surface area contributed by atoms with E-state index in [4.69, 9.17) is 10.5 Å². The Morgan fingerprint density at radius 1 is 1.16 bits per heavy atom. The van der Waals surface area contributed by atoms with E-state index < -0.39 is 11.6 Å². The maximum absolute atomic E-state index is 13.5. The van der Waals surface area contributed by atoms with Gasteiger partial charge in [0.1, 0.15) is 11.6 Å². The van der Waals surface area contributed by atoms with Crippen LogP contribution in [0.2, 0.25) is 0 Å². The molecule has 2 rings (SSSR count). The Kier molecular flexibility index (Phi) is 4.12. The fourth-order valence-corrected chi connectivity index (χ4v) is 1.79. The van der Waals surface area contributed by atoms with Gasteiger partial charge in [0.25, 0.3) is 0 Å². The Morgan fingerprint density at radius 3 is 2.63 bits per heavy atom. The summed E-state index contributed by atoms with van der Waals surface area (Å²) in [6, 6.07) is 10.5. The summed E-state index contributed by atoms with van der Waals surface area (Å²) in [6.07, 6.45) is 0.711. The van der Waals surface area contributed by atoms with Gasteiger partial charge in [-0.3, -0.25) is 0 Å². The highest BCUT2D eigenvalue weighted by Gasteiger charge is 2.07. The first-order valence-electron chi connectivity index (χ1n) is 6.02. The van der Waals surface area contributed by atoms with Crippen molar-refractivity contribution in [2.45, 2.75) is 19.4 Å². The molecule has 0 aliphatic carbocycles. The van der Waals surface area contributed by atoms with Crippen LogP contribution >= 0.6 is 0 Å². The van der Waals surface area contributed by atoms with Gasteiger partial charge in [0.05, 0.1) is 0 Å². The van der Waals surface area contributed by atoms with Crippen LogP contribution in [0.5, 0.6) is 11.5 Å². The van der Waals surface area contributed by atoms with Gasteiger partial charge >= 0.3 is 0 Å². The van der Waals surface area contributed by atoms with Gasteiger partial charge in [-0.15, -0.1) is 0 Å². The molecular weight excluding hydrogens is 248 g/mol. The van der Waals surface area contributed by atoms with Crippen LogP contribution in [-0.2, 0) is 6.42 Å². The number of hydrogen-bond donors (Lipinski definition) is 1. The molecule has 2 aromatic rings. The molecule has 1 atom stereocenters. The average Bonchev–Trinajstić information content (AvgIpc) is 2.32. The first kappa shape index (κ1) is 13.5. The van der Waals surface area contributed by atoms with Crippen molar-refractivity contribution in [3.05, 3.63) is 59.7 Å². The minimum atomic E-state index is -0.724. The lowest BCUT2D eigenvalue weighted by Crippen LogP contribution is -2.17. The number of rotatable bonds is 4. The zero-order valence-corrected chi connectivity index (χ0v) is 10.6. The maximum atomic E-state index is 13.5. The summed E-state index contributed by atoms with van der Waals surface area (Å²) in [6.45, 7) is 1.91. The molecule has 0 bridgehead atoms. The van der Waals surface area contributed by atoms with Crippen LogP contribution in [0.15, 0.2) is 42.5 Å². The fourth-order valence-electron chi connectivity index (χ4n) is 1.79. The van der Waals surface area contributed by atoms with Crippen molar-refractivity contribution in [1.82, 2.24) is 0 Å². The van der Waals surface area contributed by atoms with Crippen molar-refractivity contribution < 1.29 is 13.5 Å². The van der Waals surface area contributed by atoms with E-state index in [9.17, 15) is 8.78 Å². The standard InChI is InChI=1S/C15H15F2NO/c1-10(18)7-11-3-2-4-13(8-11)19-15-6-5-12(16)9-14(15)17/h2-6,8-10H,7,18H2,1H3. The Balaban J connectivity index is 2.18. The van der Waals surface area contributed by atoms with Crippen molar-refractivity contribution in [2.75, 3.05) is 0 Å². The monoisotopic (exact) mass is 263 g/mol. The maximum Gasteiger partial charge on any atom is 0.168 e. The predicted octanol–water partition coefficient (Wildman–Crippen LogP) is 3.65. The smallest absolute Gasteiger partial charge is 0.168 e. The highest BCUT2D eigenvalue weighted by Crippen LogP contribution is 2.25. The van der Waals surface area contributed by atoms with E-state index in [2.05, 4.69) is 0 Å². The summed E-state index contributed by atoms with van der Waals surface area (Å²) < 4.78 is 31.7. The van der Waals surface area contributed by atoms with Crippen molar-refractivity contribution in [3.8, 4) is 11.5 Å². The van der Waals surface area contributed by atoms with Crippen LogP contribution in [0.1, 0.15) is 12.5 Å². The van der Waals surface area contributed by atoms with Gasteiger partial charge in [-0.05, 0) is 43.2 Å². The largest absolute Gasteiger partial charge is 0.454 e. The Labute approximate surface area is 110 Å². The molecule has 1 unspecified atom stereocenters.